The van der Waals surface area contributed by atoms with Crippen LogP contribution in [0.1, 0.15) is 35.8 Å². The maximum atomic E-state index is 14.2. The fourth-order valence-corrected chi connectivity index (χ4v) is 3.49. The molecule has 0 saturated carbocycles. The minimum absolute atomic E-state index is 0.164. The lowest BCUT2D eigenvalue weighted by Crippen LogP contribution is -2.27. The number of nitrogens with zero attached hydrogens (tertiary/aromatic N) is 3. The quantitative estimate of drug-likeness (QED) is 0.773. The van der Waals surface area contributed by atoms with E-state index < -0.39 is 0 Å². The lowest BCUT2D eigenvalue weighted by atomic mass is 9.90. The van der Waals surface area contributed by atoms with Crippen LogP contribution in [0.2, 0.25) is 0 Å². The fourth-order valence-electron chi connectivity index (χ4n) is 3.33. The number of rotatable bonds is 5. The molecule has 1 aromatic rings. The second kappa shape index (κ2) is 7.61. The van der Waals surface area contributed by atoms with Crippen LogP contribution in [-0.4, -0.2) is 21.7 Å². The van der Waals surface area contributed by atoms with E-state index in [0.717, 1.165) is 34.8 Å². The molecule has 1 aliphatic carbocycles. The number of likely N-dealkylation sites (N-methyl/N-ethyl adjacent to an activating group) is 1. The van der Waals surface area contributed by atoms with Crippen LogP contribution in [0.3, 0.4) is 0 Å². The lowest BCUT2D eigenvalue weighted by molar-refractivity contribution is 0.493. The van der Waals surface area contributed by atoms with Crippen molar-refractivity contribution in [2.45, 2.75) is 25.8 Å². The zero-order valence-electron chi connectivity index (χ0n) is 15.9. The predicted molar refractivity (Wildman–Crippen MR) is 109 cm³/mol. The van der Waals surface area contributed by atoms with Crippen LogP contribution in [0.4, 0.5) is 4.39 Å². The van der Waals surface area contributed by atoms with Gasteiger partial charge >= 0.3 is 0 Å². The molecule has 1 N–H and O–H groups in total. The molecule has 6 heteroatoms. The topological polar surface area (TPSA) is 33.1 Å². The summed E-state index contributed by atoms with van der Waals surface area (Å²) < 4.78 is 16.1. The maximum absolute atomic E-state index is 14.2. The smallest absolute Gasteiger partial charge is 0.148 e. The Labute approximate surface area is 164 Å². The number of aromatic nitrogens is 2. The van der Waals surface area contributed by atoms with Crippen molar-refractivity contribution in [3.8, 4) is 0 Å². The molecule has 2 heterocycles. The summed E-state index contributed by atoms with van der Waals surface area (Å²) in [5, 5.41) is 8.87. The molecule has 2 aliphatic rings. The van der Waals surface area contributed by atoms with Crippen LogP contribution in [-0.2, 0) is 7.05 Å². The number of aryl methyl sites for hydroxylation is 1. The van der Waals surface area contributed by atoms with Gasteiger partial charge in [-0.15, -0.1) is 0 Å². The summed E-state index contributed by atoms with van der Waals surface area (Å²) in [5.74, 6) is -0.353. The summed E-state index contributed by atoms with van der Waals surface area (Å²) in [6.45, 7) is 9.67. The van der Waals surface area contributed by atoms with Gasteiger partial charge in [-0.05, 0) is 37.5 Å². The molecule has 3 rings (SSSR count). The van der Waals surface area contributed by atoms with E-state index in [-0.39, 0.29) is 11.9 Å². The van der Waals surface area contributed by atoms with E-state index in [2.05, 4.69) is 23.6 Å². The molecule has 0 fully saturated rings. The van der Waals surface area contributed by atoms with Gasteiger partial charge in [-0.1, -0.05) is 30.8 Å². The van der Waals surface area contributed by atoms with Crippen molar-refractivity contribution in [3.05, 3.63) is 82.4 Å². The van der Waals surface area contributed by atoms with Gasteiger partial charge in [0.2, 0.25) is 0 Å². The molecule has 4 nitrogen and oxygen atoms in total. The Morgan fingerprint density at radius 1 is 1.33 bits per heavy atom. The first-order chi connectivity index (χ1) is 12.8. The number of allylic oxidation sites excluding steroid dienone is 5. The van der Waals surface area contributed by atoms with Gasteiger partial charge in [-0.2, -0.15) is 5.10 Å². The van der Waals surface area contributed by atoms with Crippen molar-refractivity contribution in [1.29, 1.82) is 0 Å². The molecule has 0 bridgehead atoms. The Hall–Kier alpha value is -2.53. The average Bonchev–Trinajstić information content (AvgIpc) is 2.92. The molecule has 0 amide bonds. The zero-order chi connectivity index (χ0) is 19.7. The molecular formula is C21H24ClFN4. The second-order valence-electron chi connectivity index (χ2n) is 6.78. The van der Waals surface area contributed by atoms with Crippen molar-refractivity contribution < 1.29 is 4.39 Å². The highest BCUT2D eigenvalue weighted by Crippen LogP contribution is 2.35. The van der Waals surface area contributed by atoms with Crippen molar-refractivity contribution >= 4 is 17.7 Å². The Morgan fingerprint density at radius 2 is 2.07 bits per heavy atom. The van der Waals surface area contributed by atoms with E-state index in [9.17, 15) is 4.39 Å². The molecule has 0 radical (unpaired) electrons. The van der Waals surface area contributed by atoms with Crippen molar-refractivity contribution in [1.82, 2.24) is 20.0 Å². The molecule has 27 heavy (non-hydrogen) atoms. The lowest BCUT2D eigenvalue weighted by Gasteiger charge is -2.29. The van der Waals surface area contributed by atoms with Crippen LogP contribution in [0.25, 0.3) is 6.08 Å². The van der Waals surface area contributed by atoms with Gasteiger partial charge < -0.3 is 10.2 Å². The minimum atomic E-state index is -0.353. The minimum Gasteiger partial charge on any atom is -0.373 e. The first kappa shape index (κ1) is 19.2. The van der Waals surface area contributed by atoms with Crippen molar-refractivity contribution in [3.63, 3.8) is 0 Å². The second-order valence-corrected chi connectivity index (χ2v) is 7.26. The molecule has 0 spiro atoms. The SMILES string of the molecule is C=Cc1nn(C)c(C)c1C(NC1=CN(C)C(=C)C(F)=C1)C1=CC=C(Cl)CC1. The summed E-state index contributed by atoms with van der Waals surface area (Å²) in [7, 11) is 3.69. The van der Waals surface area contributed by atoms with E-state index >= 15 is 0 Å². The molecule has 1 aliphatic heterocycles. The van der Waals surface area contributed by atoms with Crippen LogP contribution in [0.15, 0.2) is 65.4 Å². The van der Waals surface area contributed by atoms with E-state index in [1.165, 1.54) is 11.6 Å². The third kappa shape index (κ3) is 3.78. The van der Waals surface area contributed by atoms with Gasteiger partial charge in [0.1, 0.15) is 5.83 Å². The van der Waals surface area contributed by atoms with Gasteiger partial charge in [0.05, 0.1) is 23.1 Å². The Morgan fingerprint density at radius 3 is 2.67 bits per heavy atom. The standard InChI is InChI=1S/C21H24ClFN4/c1-6-19-20(14(3)27(5)25-19)21(15-7-9-16(22)10-8-15)24-17-11-18(23)13(2)26(4)12-17/h6-7,9,11-12,21,24H,1-2,8,10H2,3-5H3. The van der Waals surface area contributed by atoms with Crippen LogP contribution < -0.4 is 5.32 Å². The summed E-state index contributed by atoms with van der Waals surface area (Å²) in [5.41, 5.74) is 5.06. The summed E-state index contributed by atoms with van der Waals surface area (Å²) in [6, 6.07) is -0.164. The molecule has 1 aromatic heterocycles. The highest BCUT2D eigenvalue weighted by Gasteiger charge is 2.26. The molecule has 0 saturated heterocycles. The number of hydrogen-bond acceptors (Lipinski definition) is 3. The van der Waals surface area contributed by atoms with E-state index in [1.54, 1.807) is 18.0 Å². The van der Waals surface area contributed by atoms with Gasteiger partial charge in [0.25, 0.3) is 0 Å². The Balaban J connectivity index is 2.06. The molecule has 1 atom stereocenters. The fraction of sp³-hybridized carbons (Fsp3) is 0.286. The first-order valence-electron chi connectivity index (χ1n) is 8.80. The number of nitrogens with one attached hydrogen (secondary N) is 1. The Kier molecular flexibility index (Phi) is 5.42. The zero-order valence-corrected chi connectivity index (χ0v) is 16.6. The van der Waals surface area contributed by atoms with Crippen molar-refractivity contribution in [2.75, 3.05) is 7.05 Å². The highest BCUT2D eigenvalue weighted by atomic mass is 35.5. The molecular weight excluding hydrogens is 363 g/mol. The third-order valence-corrected chi connectivity index (χ3v) is 5.33. The number of hydrogen-bond donors (Lipinski definition) is 1. The van der Waals surface area contributed by atoms with E-state index in [4.69, 9.17) is 11.6 Å². The summed E-state index contributed by atoms with van der Waals surface area (Å²) >= 11 is 6.15. The molecule has 1 unspecified atom stereocenters. The predicted octanol–water partition coefficient (Wildman–Crippen LogP) is 5.00. The van der Waals surface area contributed by atoms with Gasteiger partial charge in [0.15, 0.2) is 0 Å². The third-order valence-electron chi connectivity index (χ3n) is 5.02. The van der Waals surface area contributed by atoms with E-state index in [0.29, 0.717) is 11.4 Å². The largest absolute Gasteiger partial charge is 0.373 e. The van der Waals surface area contributed by atoms with Crippen molar-refractivity contribution in [2.24, 2.45) is 7.05 Å². The first-order valence-corrected chi connectivity index (χ1v) is 9.18. The number of halogens is 2. The highest BCUT2D eigenvalue weighted by molar-refractivity contribution is 6.29. The van der Waals surface area contributed by atoms with Gasteiger partial charge in [-0.25, -0.2) is 4.39 Å². The maximum Gasteiger partial charge on any atom is 0.148 e. The van der Waals surface area contributed by atoms with Crippen LogP contribution >= 0.6 is 11.6 Å². The van der Waals surface area contributed by atoms with Crippen LogP contribution in [0, 0.1) is 6.92 Å². The van der Waals surface area contributed by atoms with Gasteiger partial charge in [0, 0.05) is 42.7 Å². The van der Waals surface area contributed by atoms with Gasteiger partial charge in [-0.3, -0.25) is 4.68 Å². The average molecular weight is 387 g/mol. The Bertz CT molecular complexity index is 917. The van der Waals surface area contributed by atoms with E-state index in [1.807, 2.05) is 37.0 Å². The summed E-state index contributed by atoms with van der Waals surface area (Å²) in [4.78, 5) is 1.67. The van der Waals surface area contributed by atoms with Crippen LogP contribution in [0.5, 0.6) is 0 Å². The normalized spacial score (nSPS) is 18.4. The monoisotopic (exact) mass is 386 g/mol. The molecule has 0 aromatic carbocycles. The summed E-state index contributed by atoms with van der Waals surface area (Å²) in [6.07, 6.45) is 10.6. The molecule has 142 valence electrons.